The summed E-state index contributed by atoms with van der Waals surface area (Å²) in [5.41, 5.74) is 0. The van der Waals surface area contributed by atoms with Gasteiger partial charge in [0.25, 0.3) is 0 Å². The first kappa shape index (κ1) is 16.4. The highest BCUT2D eigenvalue weighted by Crippen LogP contribution is 2.07. The molecule has 104 valence electrons. The van der Waals surface area contributed by atoms with Crippen molar-refractivity contribution in [2.24, 2.45) is 5.92 Å². The lowest BCUT2D eigenvalue weighted by atomic mass is 10.1. The molecule has 0 spiro atoms. The maximum Gasteiger partial charge on any atom is 0.347 e. The molecule has 0 heterocycles. The van der Waals surface area contributed by atoms with E-state index < -0.39 is 30.1 Å². The number of esters is 2. The van der Waals surface area contributed by atoms with Crippen LogP contribution in [0.1, 0.15) is 40.5 Å². The van der Waals surface area contributed by atoms with Crippen LogP contribution in [0.15, 0.2) is 0 Å². The van der Waals surface area contributed by atoms with Gasteiger partial charge in [-0.1, -0.05) is 13.8 Å². The quantitative estimate of drug-likeness (QED) is 0.695. The zero-order valence-corrected chi connectivity index (χ0v) is 11.1. The average Bonchev–Trinajstić information content (AvgIpc) is 2.25. The van der Waals surface area contributed by atoms with Gasteiger partial charge in [0.15, 0.2) is 12.2 Å². The molecule has 1 N–H and O–H groups in total. The van der Waals surface area contributed by atoms with Crippen LogP contribution in [-0.2, 0) is 23.9 Å². The van der Waals surface area contributed by atoms with Gasteiger partial charge in [-0.25, -0.2) is 9.59 Å². The molecule has 2 unspecified atom stereocenters. The SMILES string of the molecule is CC(C)CCC(=O)OC(C)C(=O)OC(C)C(=O)O. The van der Waals surface area contributed by atoms with E-state index in [0.29, 0.717) is 12.3 Å². The van der Waals surface area contributed by atoms with E-state index in [-0.39, 0.29) is 6.42 Å². The van der Waals surface area contributed by atoms with Crippen LogP contribution in [0.2, 0.25) is 0 Å². The first-order valence-electron chi connectivity index (χ1n) is 5.86. The Labute approximate surface area is 106 Å². The second-order valence-corrected chi connectivity index (χ2v) is 4.48. The molecule has 2 atom stereocenters. The summed E-state index contributed by atoms with van der Waals surface area (Å²) in [5.74, 6) is -2.23. The summed E-state index contributed by atoms with van der Waals surface area (Å²) < 4.78 is 9.42. The summed E-state index contributed by atoms with van der Waals surface area (Å²) >= 11 is 0. The number of carboxylic acid groups (broad SMARTS) is 1. The molecule has 0 saturated heterocycles. The van der Waals surface area contributed by atoms with Crippen LogP contribution in [0.5, 0.6) is 0 Å². The first-order chi connectivity index (χ1) is 8.23. The summed E-state index contributed by atoms with van der Waals surface area (Å²) in [7, 11) is 0. The molecule has 0 rings (SSSR count). The van der Waals surface area contributed by atoms with Crippen LogP contribution in [-0.4, -0.2) is 35.2 Å². The molecule has 0 bridgehead atoms. The van der Waals surface area contributed by atoms with Crippen LogP contribution in [0.25, 0.3) is 0 Å². The minimum absolute atomic E-state index is 0.226. The Balaban J connectivity index is 4.08. The smallest absolute Gasteiger partial charge is 0.347 e. The van der Waals surface area contributed by atoms with Gasteiger partial charge in [-0.05, 0) is 26.2 Å². The van der Waals surface area contributed by atoms with Crippen LogP contribution < -0.4 is 0 Å². The number of carbonyl (C=O) groups excluding carboxylic acids is 2. The number of carboxylic acids is 1. The number of hydrogen-bond acceptors (Lipinski definition) is 5. The topological polar surface area (TPSA) is 89.9 Å². The molecule has 0 saturated carbocycles. The zero-order chi connectivity index (χ0) is 14.3. The van der Waals surface area contributed by atoms with Gasteiger partial charge in [-0.15, -0.1) is 0 Å². The van der Waals surface area contributed by atoms with Gasteiger partial charge in [0.1, 0.15) is 0 Å². The maximum absolute atomic E-state index is 11.4. The van der Waals surface area contributed by atoms with E-state index in [1.807, 2.05) is 13.8 Å². The number of hydrogen-bond donors (Lipinski definition) is 1. The normalized spacial score (nSPS) is 13.8. The van der Waals surface area contributed by atoms with Crippen molar-refractivity contribution in [3.63, 3.8) is 0 Å². The lowest BCUT2D eigenvalue weighted by Gasteiger charge is -2.15. The van der Waals surface area contributed by atoms with Gasteiger partial charge in [0, 0.05) is 6.42 Å². The van der Waals surface area contributed by atoms with E-state index in [1.165, 1.54) is 13.8 Å². The van der Waals surface area contributed by atoms with Crippen LogP contribution in [0, 0.1) is 5.92 Å². The molecule has 0 aliphatic carbocycles. The predicted molar refractivity (Wildman–Crippen MR) is 62.8 cm³/mol. The molecule has 18 heavy (non-hydrogen) atoms. The lowest BCUT2D eigenvalue weighted by Crippen LogP contribution is -2.32. The van der Waals surface area contributed by atoms with Gasteiger partial charge in [-0.3, -0.25) is 4.79 Å². The highest BCUT2D eigenvalue weighted by Gasteiger charge is 2.24. The van der Waals surface area contributed by atoms with Crippen molar-refractivity contribution in [2.45, 2.75) is 52.7 Å². The number of carbonyl (C=O) groups is 3. The van der Waals surface area contributed by atoms with E-state index in [2.05, 4.69) is 4.74 Å². The highest BCUT2D eigenvalue weighted by atomic mass is 16.6. The van der Waals surface area contributed by atoms with Crippen molar-refractivity contribution >= 4 is 17.9 Å². The van der Waals surface area contributed by atoms with Crippen molar-refractivity contribution in [3.8, 4) is 0 Å². The van der Waals surface area contributed by atoms with Crippen molar-refractivity contribution in [2.75, 3.05) is 0 Å². The van der Waals surface area contributed by atoms with Crippen molar-refractivity contribution in [1.29, 1.82) is 0 Å². The summed E-state index contributed by atoms with van der Waals surface area (Å²) in [4.78, 5) is 33.2. The molecular formula is C12H20O6. The summed E-state index contributed by atoms with van der Waals surface area (Å²) in [6.45, 7) is 6.52. The monoisotopic (exact) mass is 260 g/mol. The fraction of sp³-hybridized carbons (Fsp3) is 0.750. The van der Waals surface area contributed by atoms with Gasteiger partial charge in [-0.2, -0.15) is 0 Å². The largest absolute Gasteiger partial charge is 0.479 e. The minimum Gasteiger partial charge on any atom is -0.479 e. The zero-order valence-electron chi connectivity index (χ0n) is 11.1. The summed E-state index contributed by atoms with van der Waals surface area (Å²) in [6.07, 6.45) is -1.45. The molecule has 0 amide bonds. The number of ether oxygens (including phenoxy) is 2. The predicted octanol–water partition coefficient (Wildman–Crippen LogP) is 1.37. The van der Waals surface area contributed by atoms with Crippen LogP contribution >= 0.6 is 0 Å². The van der Waals surface area contributed by atoms with E-state index >= 15 is 0 Å². The second-order valence-electron chi connectivity index (χ2n) is 4.48. The van der Waals surface area contributed by atoms with E-state index in [0.717, 1.165) is 0 Å². The van der Waals surface area contributed by atoms with Gasteiger partial charge >= 0.3 is 17.9 Å². The van der Waals surface area contributed by atoms with Crippen molar-refractivity contribution in [3.05, 3.63) is 0 Å². The first-order valence-corrected chi connectivity index (χ1v) is 5.86. The Morgan fingerprint density at radius 2 is 1.56 bits per heavy atom. The fourth-order valence-corrected chi connectivity index (χ4v) is 1.03. The number of rotatable bonds is 7. The highest BCUT2D eigenvalue weighted by molar-refractivity contribution is 5.82. The van der Waals surface area contributed by atoms with Crippen LogP contribution in [0.4, 0.5) is 0 Å². The van der Waals surface area contributed by atoms with E-state index in [1.54, 1.807) is 0 Å². The average molecular weight is 260 g/mol. The molecule has 0 aromatic heterocycles. The standard InChI is InChI=1S/C12H20O6/c1-7(2)5-6-10(13)17-9(4)12(16)18-8(3)11(14)15/h7-9H,5-6H2,1-4H3,(H,14,15). The summed E-state index contributed by atoms with van der Waals surface area (Å²) in [5, 5.41) is 8.55. The van der Waals surface area contributed by atoms with Crippen molar-refractivity contribution in [1.82, 2.24) is 0 Å². The molecule has 0 fully saturated rings. The molecule has 0 radical (unpaired) electrons. The molecule has 0 aromatic carbocycles. The third-order valence-electron chi connectivity index (χ3n) is 2.21. The Hall–Kier alpha value is -1.59. The Kier molecular flexibility index (Phi) is 7.00. The lowest BCUT2D eigenvalue weighted by molar-refractivity contribution is -0.175. The van der Waals surface area contributed by atoms with Crippen molar-refractivity contribution < 1.29 is 29.0 Å². The van der Waals surface area contributed by atoms with E-state index in [4.69, 9.17) is 9.84 Å². The molecule has 0 aliphatic heterocycles. The Morgan fingerprint density at radius 3 is 2.00 bits per heavy atom. The Bertz CT molecular complexity index is 310. The molecule has 0 aromatic rings. The number of aliphatic carboxylic acids is 1. The molecule has 0 aliphatic rings. The fourth-order valence-electron chi connectivity index (χ4n) is 1.03. The summed E-state index contributed by atoms with van der Waals surface area (Å²) in [6, 6.07) is 0. The third kappa shape index (κ3) is 6.88. The van der Waals surface area contributed by atoms with Gasteiger partial charge < -0.3 is 14.6 Å². The van der Waals surface area contributed by atoms with Gasteiger partial charge in [0.05, 0.1) is 0 Å². The van der Waals surface area contributed by atoms with E-state index in [9.17, 15) is 14.4 Å². The molecule has 6 heteroatoms. The molecule has 6 nitrogen and oxygen atoms in total. The Morgan fingerprint density at radius 1 is 1.00 bits per heavy atom. The molecular weight excluding hydrogens is 240 g/mol. The second kappa shape index (κ2) is 7.68. The minimum atomic E-state index is -1.26. The third-order valence-corrected chi connectivity index (χ3v) is 2.21. The maximum atomic E-state index is 11.4. The van der Waals surface area contributed by atoms with Gasteiger partial charge in [0.2, 0.25) is 0 Å². The van der Waals surface area contributed by atoms with Crippen LogP contribution in [0.3, 0.4) is 0 Å².